The zero-order valence-corrected chi connectivity index (χ0v) is 16.8. The molecule has 1 aliphatic rings. The Morgan fingerprint density at radius 1 is 1.07 bits per heavy atom. The average molecular weight is 448 g/mol. The number of carbonyl (C=O) groups is 2. The van der Waals surface area contributed by atoms with Crippen LogP contribution in [-0.4, -0.2) is 52.3 Å². The first kappa shape index (κ1) is 20.4. The van der Waals surface area contributed by atoms with Crippen molar-refractivity contribution in [3.8, 4) is 5.75 Å². The third kappa shape index (κ3) is 4.72. The highest BCUT2D eigenvalue weighted by atomic mass is 79.9. The number of carboxylic acids is 1. The van der Waals surface area contributed by atoms with Crippen molar-refractivity contribution in [2.75, 3.05) is 19.7 Å². The van der Waals surface area contributed by atoms with Gasteiger partial charge in [-0.1, -0.05) is 34.1 Å². The van der Waals surface area contributed by atoms with Crippen molar-refractivity contribution in [2.24, 2.45) is 5.92 Å². The van der Waals surface area contributed by atoms with Gasteiger partial charge in [-0.2, -0.15) is 0 Å². The lowest BCUT2D eigenvalue weighted by Crippen LogP contribution is -2.54. The minimum Gasteiger partial charge on any atom is -0.493 e. The molecule has 0 aromatic heterocycles. The number of ether oxygens (including phenoxy) is 1. The summed E-state index contributed by atoms with van der Waals surface area (Å²) in [5, 5.41) is 20.6. The average Bonchev–Trinajstić information content (AvgIpc) is 2.69. The molecule has 0 aliphatic carbocycles. The van der Waals surface area contributed by atoms with E-state index in [9.17, 15) is 19.8 Å². The number of hydrogen-bond acceptors (Lipinski definition) is 4. The lowest BCUT2D eigenvalue weighted by Gasteiger charge is -2.41. The van der Waals surface area contributed by atoms with Crippen molar-refractivity contribution in [2.45, 2.75) is 18.4 Å². The Kier molecular flexibility index (Phi) is 6.36. The normalized spacial score (nSPS) is 17.0. The molecule has 2 aromatic carbocycles. The summed E-state index contributed by atoms with van der Waals surface area (Å²) in [6.07, 6.45) is 0.370. The van der Waals surface area contributed by atoms with E-state index in [1.807, 2.05) is 6.07 Å². The molecule has 3 rings (SSSR count). The van der Waals surface area contributed by atoms with Gasteiger partial charge in [-0.25, -0.2) is 0 Å². The Labute approximate surface area is 171 Å². The van der Waals surface area contributed by atoms with Crippen molar-refractivity contribution in [3.05, 3.63) is 64.6 Å². The van der Waals surface area contributed by atoms with E-state index in [0.717, 1.165) is 4.47 Å². The lowest BCUT2D eigenvalue weighted by atomic mass is 9.79. The standard InChI is InChI=1S/C21H22BrNO5/c22-16-8-6-15(7-9-16)19(24)23-12-10-21(27,11-13-23)18(20(25)26)14-28-17-4-2-1-3-5-17/h1-9,18,27H,10-14H2,(H,25,26). The first-order valence-electron chi connectivity index (χ1n) is 9.07. The van der Waals surface area contributed by atoms with Crippen molar-refractivity contribution in [1.29, 1.82) is 0 Å². The summed E-state index contributed by atoms with van der Waals surface area (Å²) >= 11 is 3.34. The Hall–Kier alpha value is -2.38. The minimum atomic E-state index is -1.42. The molecule has 2 N–H and O–H groups in total. The second kappa shape index (κ2) is 8.75. The van der Waals surface area contributed by atoms with E-state index in [-0.39, 0.29) is 25.4 Å². The topological polar surface area (TPSA) is 87.1 Å². The van der Waals surface area contributed by atoms with Crippen LogP contribution in [0.1, 0.15) is 23.2 Å². The van der Waals surface area contributed by atoms with Gasteiger partial charge in [-0.05, 0) is 49.2 Å². The predicted molar refractivity (Wildman–Crippen MR) is 107 cm³/mol. The van der Waals surface area contributed by atoms with Crippen molar-refractivity contribution < 1.29 is 24.5 Å². The third-order valence-electron chi connectivity index (χ3n) is 5.11. The molecule has 148 valence electrons. The van der Waals surface area contributed by atoms with Gasteiger partial charge in [0.15, 0.2) is 0 Å². The predicted octanol–water partition coefficient (Wildman–Crippen LogP) is 3.20. The molecule has 1 saturated heterocycles. The number of hydrogen-bond donors (Lipinski definition) is 2. The zero-order valence-electron chi connectivity index (χ0n) is 15.3. The maximum atomic E-state index is 12.6. The highest BCUT2D eigenvalue weighted by molar-refractivity contribution is 9.10. The fourth-order valence-electron chi connectivity index (χ4n) is 3.37. The Balaban J connectivity index is 1.63. The van der Waals surface area contributed by atoms with Crippen LogP contribution < -0.4 is 4.74 Å². The van der Waals surface area contributed by atoms with E-state index in [4.69, 9.17) is 4.74 Å². The fourth-order valence-corrected chi connectivity index (χ4v) is 3.64. The summed E-state index contributed by atoms with van der Waals surface area (Å²) in [4.78, 5) is 26.0. The number of carbonyl (C=O) groups excluding carboxylic acids is 1. The number of benzene rings is 2. The number of amides is 1. The number of para-hydroxylation sites is 1. The van der Waals surface area contributed by atoms with E-state index >= 15 is 0 Å². The summed E-state index contributed by atoms with van der Waals surface area (Å²) in [6, 6.07) is 16.0. The van der Waals surface area contributed by atoms with Gasteiger partial charge in [-0.15, -0.1) is 0 Å². The van der Waals surface area contributed by atoms with Crippen LogP contribution in [0.15, 0.2) is 59.1 Å². The van der Waals surface area contributed by atoms with Crippen molar-refractivity contribution in [1.82, 2.24) is 4.90 Å². The van der Waals surface area contributed by atoms with Gasteiger partial charge < -0.3 is 19.8 Å². The van der Waals surface area contributed by atoms with E-state index < -0.39 is 17.5 Å². The highest BCUT2D eigenvalue weighted by Gasteiger charge is 2.45. The highest BCUT2D eigenvalue weighted by Crippen LogP contribution is 2.32. The largest absolute Gasteiger partial charge is 0.493 e. The van der Waals surface area contributed by atoms with Crippen LogP contribution >= 0.6 is 15.9 Å². The molecule has 1 atom stereocenters. The molecule has 28 heavy (non-hydrogen) atoms. The Bertz CT molecular complexity index is 816. The van der Waals surface area contributed by atoms with E-state index in [0.29, 0.717) is 24.4 Å². The number of piperidine rings is 1. The van der Waals surface area contributed by atoms with E-state index in [1.165, 1.54) is 0 Å². The number of aliphatic hydroxyl groups is 1. The zero-order chi connectivity index (χ0) is 20.1. The molecule has 1 heterocycles. The lowest BCUT2D eigenvalue weighted by molar-refractivity contribution is -0.158. The Morgan fingerprint density at radius 2 is 1.68 bits per heavy atom. The molecule has 1 amide bonds. The molecule has 2 aromatic rings. The van der Waals surface area contributed by atoms with Crippen molar-refractivity contribution >= 4 is 27.8 Å². The third-order valence-corrected chi connectivity index (χ3v) is 5.64. The number of likely N-dealkylation sites (tertiary alicyclic amines) is 1. The Morgan fingerprint density at radius 3 is 2.25 bits per heavy atom. The van der Waals surface area contributed by atoms with Crippen molar-refractivity contribution in [3.63, 3.8) is 0 Å². The first-order chi connectivity index (χ1) is 13.4. The van der Waals surface area contributed by atoms with Crippen LogP contribution in [0.2, 0.25) is 0 Å². The fraction of sp³-hybridized carbons (Fsp3) is 0.333. The maximum Gasteiger partial charge on any atom is 0.312 e. The number of carboxylic acid groups (broad SMARTS) is 1. The molecule has 7 heteroatoms. The quantitative estimate of drug-likeness (QED) is 0.709. The molecule has 0 saturated carbocycles. The molecule has 6 nitrogen and oxygen atoms in total. The van der Waals surface area contributed by atoms with Gasteiger partial charge in [0.2, 0.25) is 0 Å². The number of rotatable bonds is 6. The summed E-state index contributed by atoms with van der Waals surface area (Å²) in [6.45, 7) is 0.456. The molecule has 0 radical (unpaired) electrons. The summed E-state index contributed by atoms with van der Waals surface area (Å²) in [7, 11) is 0. The number of nitrogens with zero attached hydrogens (tertiary/aromatic N) is 1. The molecule has 0 bridgehead atoms. The van der Waals surface area contributed by atoms with Gasteiger partial charge in [0.25, 0.3) is 5.91 Å². The minimum absolute atomic E-state index is 0.123. The van der Waals surface area contributed by atoms with Crippen LogP contribution in [-0.2, 0) is 4.79 Å². The molecule has 0 spiro atoms. The first-order valence-corrected chi connectivity index (χ1v) is 9.86. The van der Waals surface area contributed by atoms with Crippen LogP contribution in [0.25, 0.3) is 0 Å². The monoisotopic (exact) mass is 447 g/mol. The summed E-state index contributed by atoms with van der Waals surface area (Å²) < 4.78 is 6.47. The van der Waals surface area contributed by atoms with Gasteiger partial charge in [-0.3, -0.25) is 9.59 Å². The molecular weight excluding hydrogens is 426 g/mol. The second-order valence-corrected chi connectivity index (χ2v) is 7.83. The molecular formula is C21H22BrNO5. The smallest absolute Gasteiger partial charge is 0.312 e. The maximum absolute atomic E-state index is 12.6. The second-order valence-electron chi connectivity index (χ2n) is 6.92. The molecule has 1 aliphatic heterocycles. The van der Waals surface area contributed by atoms with Crippen LogP contribution in [0.5, 0.6) is 5.75 Å². The SMILES string of the molecule is O=C(O)C(COc1ccccc1)C1(O)CCN(C(=O)c2ccc(Br)cc2)CC1. The van der Waals surface area contributed by atoms with E-state index in [1.54, 1.807) is 53.4 Å². The van der Waals surface area contributed by atoms with Crippen LogP contribution in [0.3, 0.4) is 0 Å². The summed E-state index contributed by atoms with van der Waals surface area (Å²) in [5.41, 5.74) is -0.854. The molecule has 1 unspecified atom stereocenters. The van der Waals surface area contributed by atoms with Crippen LogP contribution in [0, 0.1) is 5.92 Å². The van der Waals surface area contributed by atoms with Gasteiger partial charge in [0.1, 0.15) is 18.3 Å². The number of halogens is 1. The molecule has 1 fully saturated rings. The van der Waals surface area contributed by atoms with Gasteiger partial charge >= 0.3 is 5.97 Å². The number of aliphatic carboxylic acids is 1. The van der Waals surface area contributed by atoms with Crippen LogP contribution in [0.4, 0.5) is 0 Å². The van der Waals surface area contributed by atoms with Gasteiger partial charge in [0, 0.05) is 23.1 Å². The van der Waals surface area contributed by atoms with E-state index in [2.05, 4.69) is 15.9 Å². The van der Waals surface area contributed by atoms with Gasteiger partial charge in [0.05, 0.1) is 5.60 Å². The summed E-state index contributed by atoms with van der Waals surface area (Å²) in [5.74, 6) is -1.74.